The summed E-state index contributed by atoms with van der Waals surface area (Å²) in [6, 6.07) is 20.0. The highest BCUT2D eigenvalue weighted by Crippen LogP contribution is 2.35. The number of benzene rings is 2. The molecular weight excluding hydrogens is 428 g/mol. The fourth-order valence-corrected chi connectivity index (χ4v) is 3.81. The maximum absolute atomic E-state index is 10.9. The van der Waals surface area contributed by atoms with Gasteiger partial charge in [-0.2, -0.15) is 0 Å². The van der Waals surface area contributed by atoms with Crippen LogP contribution < -0.4 is 4.74 Å². The van der Waals surface area contributed by atoms with Crippen LogP contribution in [0.5, 0.6) is 17.2 Å². The van der Waals surface area contributed by atoms with E-state index in [1.165, 1.54) is 0 Å². The number of methoxy groups -OCH3 is 2. The van der Waals surface area contributed by atoms with Gasteiger partial charge in [0.1, 0.15) is 17.2 Å². The molecule has 0 bridgehead atoms. The predicted molar refractivity (Wildman–Crippen MR) is 133 cm³/mol. The lowest BCUT2D eigenvalue weighted by Crippen LogP contribution is -1.97. The second-order valence-corrected chi connectivity index (χ2v) is 7.78. The topological polar surface area (TPSA) is 84.7 Å². The number of aromatic nitrogens is 2. The third kappa shape index (κ3) is 4.77. The zero-order valence-corrected chi connectivity index (χ0v) is 19.2. The minimum atomic E-state index is 0.113. The van der Waals surface area contributed by atoms with Gasteiger partial charge < -0.3 is 19.7 Å². The van der Waals surface area contributed by atoms with Crippen molar-refractivity contribution in [1.29, 1.82) is 0 Å². The Morgan fingerprint density at radius 2 is 1.47 bits per heavy atom. The Hall–Kier alpha value is -4.16. The van der Waals surface area contributed by atoms with Crippen molar-refractivity contribution in [3.05, 3.63) is 90.5 Å². The number of allylic oxidation sites excluding steroid dienone is 1. The molecule has 6 heteroatoms. The van der Waals surface area contributed by atoms with E-state index in [0.29, 0.717) is 51.6 Å². The molecule has 2 heterocycles. The van der Waals surface area contributed by atoms with Crippen LogP contribution in [0, 0.1) is 0 Å². The maximum atomic E-state index is 10.9. The molecule has 2 aromatic carbocycles. The molecule has 0 aliphatic heterocycles. The molecule has 2 N–H and O–H groups in total. The number of ether oxygens (including phenoxy) is 2. The quantitative estimate of drug-likeness (QED) is 0.329. The molecule has 0 aliphatic rings. The Kier molecular flexibility index (Phi) is 6.90. The van der Waals surface area contributed by atoms with E-state index in [9.17, 15) is 10.2 Å². The minimum absolute atomic E-state index is 0.113. The average Bonchev–Trinajstić information content (AvgIpc) is 2.86. The van der Waals surface area contributed by atoms with E-state index < -0.39 is 0 Å². The second-order valence-electron chi connectivity index (χ2n) is 7.78. The number of phenols is 2. The first-order chi connectivity index (χ1) is 16.5. The first-order valence-electron chi connectivity index (χ1n) is 10.8. The smallest absolute Gasteiger partial charge is 0.130 e. The van der Waals surface area contributed by atoms with Gasteiger partial charge in [-0.25, -0.2) is 9.97 Å². The van der Waals surface area contributed by atoms with Crippen LogP contribution in [0.4, 0.5) is 0 Å². The van der Waals surface area contributed by atoms with Gasteiger partial charge in [0.2, 0.25) is 0 Å². The van der Waals surface area contributed by atoms with Crippen LogP contribution in [-0.4, -0.2) is 34.4 Å². The Labute approximate surface area is 198 Å². The Morgan fingerprint density at radius 1 is 0.824 bits per heavy atom. The molecule has 4 aromatic rings. The van der Waals surface area contributed by atoms with Gasteiger partial charge in [-0.15, -0.1) is 6.58 Å². The Balaban J connectivity index is 1.78. The molecule has 0 spiro atoms. The summed E-state index contributed by atoms with van der Waals surface area (Å²) in [6.45, 7) is 4.11. The normalized spacial score (nSPS) is 10.8. The summed E-state index contributed by atoms with van der Waals surface area (Å²) in [5.74, 6) is 0.881. The van der Waals surface area contributed by atoms with Crippen LogP contribution >= 0.6 is 0 Å². The zero-order valence-electron chi connectivity index (χ0n) is 19.2. The van der Waals surface area contributed by atoms with Gasteiger partial charge in [-0.1, -0.05) is 18.2 Å². The van der Waals surface area contributed by atoms with E-state index in [0.717, 1.165) is 5.56 Å². The van der Waals surface area contributed by atoms with Crippen molar-refractivity contribution in [1.82, 2.24) is 9.97 Å². The van der Waals surface area contributed by atoms with E-state index in [4.69, 9.17) is 19.4 Å². The molecular formula is C28H26N2O4. The lowest BCUT2D eigenvalue weighted by atomic mass is 9.99. The Morgan fingerprint density at radius 3 is 2.09 bits per heavy atom. The molecule has 0 atom stereocenters. The van der Waals surface area contributed by atoms with Crippen LogP contribution in [0.3, 0.4) is 0 Å². The van der Waals surface area contributed by atoms with Crippen molar-refractivity contribution >= 4 is 0 Å². The predicted octanol–water partition coefficient (Wildman–Crippen LogP) is 5.77. The molecule has 0 unspecified atom stereocenters. The molecule has 0 radical (unpaired) electrons. The number of nitrogens with zero attached hydrogens (tertiary/aromatic N) is 2. The van der Waals surface area contributed by atoms with Crippen molar-refractivity contribution in [3.63, 3.8) is 0 Å². The number of aromatic hydroxyl groups is 2. The van der Waals surface area contributed by atoms with Gasteiger partial charge in [0, 0.05) is 23.8 Å². The van der Waals surface area contributed by atoms with Crippen molar-refractivity contribution in [2.75, 3.05) is 14.2 Å². The lowest BCUT2D eigenvalue weighted by molar-refractivity contribution is 0.182. The summed E-state index contributed by atoms with van der Waals surface area (Å²) in [5, 5.41) is 21.3. The molecule has 172 valence electrons. The molecule has 0 saturated carbocycles. The first-order valence-corrected chi connectivity index (χ1v) is 10.8. The van der Waals surface area contributed by atoms with Crippen LogP contribution in [0.1, 0.15) is 11.1 Å². The molecule has 34 heavy (non-hydrogen) atoms. The van der Waals surface area contributed by atoms with E-state index in [2.05, 4.69) is 6.58 Å². The van der Waals surface area contributed by atoms with Gasteiger partial charge in [-0.05, 0) is 66.6 Å². The van der Waals surface area contributed by atoms with Gasteiger partial charge in [0.15, 0.2) is 0 Å². The SMILES string of the molecule is C=CCc1cc(COC)c(O)c(-c2cccc(-c3cccc(-c4cc(OC)ccc4O)n3)n2)c1. The summed E-state index contributed by atoms with van der Waals surface area (Å²) in [4.78, 5) is 9.52. The van der Waals surface area contributed by atoms with E-state index in [1.54, 1.807) is 32.4 Å². The number of pyridine rings is 2. The summed E-state index contributed by atoms with van der Waals surface area (Å²) in [5.41, 5.74) is 5.39. The number of hydrogen-bond donors (Lipinski definition) is 2. The Bertz CT molecular complexity index is 1330. The molecule has 4 rings (SSSR count). The van der Waals surface area contributed by atoms with Crippen molar-refractivity contribution in [2.24, 2.45) is 0 Å². The summed E-state index contributed by atoms with van der Waals surface area (Å²) in [6.07, 6.45) is 2.48. The third-order valence-corrected chi connectivity index (χ3v) is 5.44. The van der Waals surface area contributed by atoms with E-state index in [-0.39, 0.29) is 18.1 Å². The third-order valence-electron chi connectivity index (χ3n) is 5.44. The summed E-state index contributed by atoms with van der Waals surface area (Å²) in [7, 11) is 3.17. The van der Waals surface area contributed by atoms with Crippen LogP contribution in [0.2, 0.25) is 0 Å². The number of rotatable bonds is 8. The molecule has 0 amide bonds. The number of phenolic OH excluding ortho intramolecular Hbond substituents is 2. The van der Waals surface area contributed by atoms with Crippen LogP contribution in [-0.2, 0) is 17.8 Å². The second kappa shape index (κ2) is 10.2. The summed E-state index contributed by atoms with van der Waals surface area (Å²) < 4.78 is 10.5. The van der Waals surface area contributed by atoms with Gasteiger partial charge in [0.05, 0.1) is 36.5 Å². The highest BCUT2D eigenvalue weighted by molar-refractivity contribution is 5.74. The van der Waals surface area contributed by atoms with Crippen molar-refractivity contribution < 1.29 is 19.7 Å². The molecule has 0 aliphatic carbocycles. The lowest BCUT2D eigenvalue weighted by Gasteiger charge is -2.13. The van der Waals surface area contributed by atoms with Crippen molar-refractivity contribution in [2.45, 2.75) is 13.0 Å². The molecule has 0 fully saturated rings. The highest BCUT2D eigenvalue weighted by atomic mass is 16.5. The van der Waals surface area contributed by atoms with Crippen molar-refractivity contribution in [3.8, 4) is 51.2 Å². The molecule has 6 nitrogen and oxygen atoms in total. The fraction of sp³-hybridized carbons (Fsp3) is 0.143. The van der Waals surface area contributed by atoms with E-state index >= 15 is 0 Å². The summed E-state index contributed by atoms with van der Waals surface area (Å²) >= 11 is 0. The molecule has 2 aromatic heterocycles. The monoisotopic (exact) mass is 454 g/mol. The van der Waals surface area contributed by atoms with Crippen LogP contribution in [0.15, 0.2) is 79.4 Å². The maximum Gasteiger partial charge on any atom is 0.130 e. The first kappa shape index (κ1) is 23.0. The fourth-order valence-electron chi connectivity index (χ4n) is 3.81. The van der Waals surface area contributed by atoms with Crippen LogP contribution in [0.25, 0.3) is 33.9 Å². The van der Waals surface area contributed by atoms with Gasteiger partial charge in [-0.3, -0.25) is 0 Å². The zero-order chi connectivity index (χ0) is 24.1. The highest BCUT2D eigenvalue weighted by Gasteiger charge is 2.15. The van der Waals surface area contributed by atoms with Gasteiger partial charge >= 0.3 is 0 Å². The largest absolute Gasteiger partial charge is 0.507 e. The average molecular weight is 455 g/mol. The standard InChI is InChI=1S/C28H26N2O4/c1-4-7-18-14-19(17-33-2)28(32)22(15-18)24-9-6-11-26(30-24)25-10-5-8-23(29-25)21-16-20(34-3)12-13-27(21)31/h4-6,8-16,31-32H,1,7,17H2,2-3H3. The van der Waals surface area contributed by atoms with Gasteiger partial charge in [0.25, 0.3) is 0 Å². The minimum Gasteiger partial charge on any atom is -0.507 e. The number of hydrogen-bond acceptors (Lipinski definition) is 6. The van der Waals surface area contributed by atoms with E-state index in [1.807, 2.05) is 54.6 Å². The molecule has 0 saturated heterocycles.